The van der Waals surface area contributed by atoms with Crippen molar-refractivity contribution in [3.63, 3.8) is 0 Å². The number of carbonyl (C=O) groups excluding carboxylic acids is 2. The monoisotopic (exact) mass is 311 g/mol. The number of amides is 2. The van der Waals surface area contributed by atoms with E-state index in [1.165, 1.54) is 4.90 Å². The number of hydrogen-bond donors (Lipinski definition) is 1. The molecule has 0 spiro atoms. The Kier molecular flexibility index (Phi) is 3.29. The first-order valence-corrected chi connectivity index (χ1v) is 6.53. The maximum absolute atomic E-state index is 12.3. The maximum atomic E-state index is 12.3. The summed E-state index contributed by atoms with van der Waals surface area (Å²) in [5, 5.41) is 9.46. The minimum Gasteiger partial charge on any atom is -0.394 e. The zero-order chi connectivity index (χ0) is 13.5. The van der Waals surface area contributed by atoms with Gasteiger partial charge in [0.15, 0.2) is 0 Å². The van der Waals surface area contributed by atoms with Crippen molar-refractivity contribution in [2.24, 2.45) is 0 Å². The summed E-state index contributed by atoms with van der Waals surface area (Å²) >= 11 is 3.29. The van der Waals surface area contributed by atoms with Crippen LogP contribution in [0.2, 0.25) is 0 Å². The Morgan fingerprint density at radius 3 is 2.44 bits per heavy atom. The second-order valence-electron chi connectivity index (χ2n) is 4.64. The van der Waals surface area contributed by atoms with Gasteiger partial charge in [-0.25, -0.2) is 0 Å². The topological polar surface area (TPSA) is 57.6 Å². The van der Waals surface area contributed by atoms with E-state index in [2.05, 4.69) is 15.9 Å². The lowest BCUT2D eigenvalue weighted by atomic mass is 9.98. The highest BCUT2D eigenvalue weighted by atomic mass is 79.9. The van der Waals surface area contributed by atoms with Crippen LogP contribution in [0, 0.1) is 0 Å². The summed E-state index contributed by atoms with van der Waals surface area (Å²) in [6.07, 6.45) is 0.510. The first-order valence-electron chi connectivity index (χ1n) is 5.74. The first-order chi connectivity index (χ1) is 8.44. The minimum absolute atomic E-state index is 0.240. The number of halogens is 1. The van der Waals surface area contributed by atoms with Crippen LogP contribution in [0.4, 0.5) is 0 Å². The molecule has 1 heterocycles. The van der Waals surface area contributed by atoms with Gasteiger partial charge in [0.05, 0.1) is 23.3 Å². The van der Waals surface area contributed by atoms with Gasteiger partial charge >= 0.3 is 0 Å². The number of hydrogen-bond acceptors (Lipinski definition) is 3. The van der Waals surface area contributed by atoms with E-state index in [-0.39, 0.29) is 18.4 Å². The zero-order valence-corrected chi connectivity index (χ0v) is 11.8. The molecule has 0 aliphatic carbocycles. The summed E-state index contributed by atoms with van der Waals surface area (Å²) < 4.78 is 0.756. The molecule has 0 bridgehead atoms. The molecule has 1 aliphatic heterocycles. The normalized spacial score (nSPS) is 17.9. The van der Waals surface area contributed by atoms with Gasteiger partial charge < -0.3 is 5.11 Å². The smallest absolute Gasteiger partial charge is 0.262 e. The fraction of sp³-hybridized carbons (Fsp3) is 0.385. The Labute approximate surface area is 114 Å². The van der Waals surface area contributed by atoms with Crippen LogP contribution in [0.3, 0.4) is 0 Å². The summed E-state index contributed by atoms with van der Waals surface area (Å²) in [6, 6.07) is 5.01. The summed E-state index contributed by atoms with van der Waals surface area (Å²) in [7, 11) is 0. The molecule has 0 fully saturated rings. The van der Waals surface area contributed by atoms with Gasteiger partial charge in [0, 0.05) is 4.47 Å². The predicted octanol–water partition coefficient (Wildman–Crippen LogP) is 2.21. The van der Waals surface area contributed by atoms with Crippen LogP contribution >= 0.6 is 15.9 Å². The third-order valence-electron chi connectivity index (χ3n) is 3.49. The molecule has 0 saturated heterocycles. The number of fused-ring (bicyclic) bond motifs is 1. The van der Waals surface area contributed by atoms with Gasteiger partial charge in [-0.2, -0.15) is 0 Å². The Balaban J connectivity index is 2.52. The summed E-state index contributed by atoms with van der Waals surface area (Å²) in [4.78, 5) is 25.7. The first kappa shape index (κ1) is 13.2. The van der Waals surface area contributed by atoms with Crippen LogP contribution in [-0.2, 0) is 0 Å². The molecule has 5 heteroatoms. The molecule has 1 aliphatic rings. The van der Waals surface area contributed by atoms with Gasteiger partial charge in [0.1, 0.15) is 0 Å². The van der Waals surface area contributed by atoms with Gasteiger partial charge in [0.2, 0.25) is 0 Å². The second-order valence-corrected chi connectivity index (χ2v) is 5.56. The minimum atomic E-state index is -0.848. The highest BCUT2D eigenvalue weighted by molar-refractivity contribution is 9.10. The van der Waals surface area contributed by atoms with Gasteiger partial charge in [0.25, 0.3) is 11.8 Å². The SMILES string of the molecule is CCC(C)(CO)N1C(=O)c2ccc(Br)cc2C1=O. The van der Waals surface area contributed by atoms with E-state index in [0.29, 0.717) is 17.5 Å². The molecule has 1 unspecified atom stereocenters. The van der Waals surface area contributed by atoms with E-state index in [1.807, 2.05) is 6.92 Å². The zero-order valence-electron chi connectivity index (χ0n) is 10.2. The third kappa shape index (κ3) is 1.78. The number of benzene rings is 1. The molecule has 4 nitrogen and oxygen atoms in total. The summed E-state index contributed by atoms with van der Waals surface area (Å²) in [5.74, 6) is -0.671. The molecule has 1 aromatic carbocycles. The van der Waals surface area contributed by atoms with Gasteiger partial charge in [-0.1, -0.05) is 22.9 Å². The van der Waals surface area contributed by atoms with Crippen LogP contribution in [0.25, 0.3) is 0 Å². The molecular formula is C13H14BrNO3. The number of rotatable bonds is 3. The molecule has 1 atom stereocenters. The van der Waals surface area contributed by atoms with E-state index in [0.717, 1.165) is 4.47 Å². The highest BCUT2D eigenvalue weighted by Gasteiger charge is 2.45. The van der Waals surface area contributed by atoms with Crippen LogP contribution in [0.1, 0.15) is 41.0 Å². The van der Waals surface area contributed by atoms with E-state index in [4.69, 9.17) is 0 Å². The Hall–Kier alpha value is -1.20. The molecule has 1 aromatic rings. The summed E-state index contributed by atoms with van der Waals surface area (Å²) in [6.45, 7) is 3.32. The molecule has 2 rings (SSSR count). The molecule has 0 saturated carbocycles. The van der Waals surface area contributed by atoms with E-state index >= 15 is 0 Å². The lowest BCUT2D eigenvalue weighted by molar-refractivity contribution is 0.0292. The number of carbonyl (C=O) groups is 2. The van der Waals surface area contributed by atoms with Crippen molar-refractivity contribution in [1.29, 1.82) is 0 Å². The fourth-order valence-corrected chi connectivity index (χ4v) is 2.41. The molecule has 18 heavy (non-hydrogen) atoms. The van der Waals surface area contributed by atoms with Gasteiger partial charge in [-0.3, -0.25) is 14.5 Å². The molecule has 0 aromatic heterocycles. The van der Waals surface area contributed by atoms with Crippen molar-refractivity contribution < 1.29 is 14.7 Å². The van der Waals surface area contributed by atoms with Crippen molar-refractivity contribution in [2.45, 2.75) is 25.8 Å². The average molecular weight is 312 g/mol. The quantitative estimate of drug-likeness (QED) is 0.871. The van der Waals surface area contributed by atoms with Crippen molar-refractivity contribution in [1.82, 2.24) is 4.90 Å². The lowest BCUT2D eigenvalue weighted by Crippen LogP contribution is -2.51. The van der Waals surface area contributed by atoms with E-state index in [1.54, 1.807) is 25.1 Å². The molecule has 2 amide bonds. The Morgan fingerprint density at radius 2 is 1.89 bits per heavy atom. The third-order valence-corrected chi connectivity index (χ3v) is 3.98. The van der Waals surface area contributed by atoms with Gasteiger partial charge in [-0.05, 0) is 31.5 Å². The maximum Gasteiger partial charge on any atom is 0.262 e. The van der Waals surface area contributed by atoms with Crippen molar-refractivity contribution in [3.8, 4) is 0 Å². The van der Waals surface area contributed by atoms with Crippen LogP contribution < -0.4 is 0 Å². The number of nitrogens with zero attached hydrogens (tertiary/aromatic N) is 1. The van der Waals surface area contributed by atoms with Crippen molar-refractivity contribution in [2.75, 3.05) is 6.61 Å². The van der Waals surface area contributed by atoms with Crippen LogP contribution in [0.15, 0.2) is 22.7 Å². The highest BCUT2D eigenvalue weighted by Crippen LogP contribution is 2.32. The molecule has 1 N–H and O–H groups in total. The predicted molar refractivity (Wildman–Crippen MR) is 70.4 cm³/mol. The van der Waals surface area contributed by atoms with Crippen LogP contribution in [-0.4, -0.2) is 34.0 Å². The van der Waals surface area contributed by atoms with Crippen molar-refractivity contribution in [3.05, 3.63) is 33.8 Å². The fourth-order valence-electron chi connectivity index (χ4n) is 2.04. The lowest BCUT2D eigenvalue weighted by Gasteiger charge is -2.34. The number of aliphatic hydroxyl groups is 1. The number of aliphatic hydroxyl groups excluding tert-OH is 1. The summed E-state index contributed by atoms with van der Waals surface area (Å²) in [5.41, 5.74) is -0.0570. The van der Waals surface area contributed by atoms with Crippen LogP contribution in [0.5, 0.6) is 0 Å². The molecular weight excluding hydrogens is 298 g/mol. The molecule has 0 radical (unpaired) electrons. The Bertz CT molecular complexity index is 523. The van der Waals surface area contributed by atoms with E-state index in [9.17, 15) is 14.7 Å². The largest absolute Gasteiger partial charge is 0.394 e. The molecule has 96 valence electrons. The standard InChI is InChI=1S/C13H14BrNO3/c1-3-13(2,7-16)15-11(17)9-5-4-8(14)6-10(9)12(15)18/h4-6,16H,3,7H2,1-2H3. The van der Waals surface area contributed by atoms with Crippen molar-refractivity contribution >= 4 is 27.7 Å². The second kappa shape index (κ2) is 4.48. The number of imide groups is 1. The average Bonchev–Trinajstić information content (AvgIpc) is 2.61. The van der Waals surface area contributed by atoms with Gasteiger partial charge in [-0.15, -0.1) is 0 Å². The Morgan fingerprint density at radius 1 is 1.28 bits per heavy atom. The van der Waals surface area contributed by atoms with E-state index < -0.39 is 5.54 Å².